The fourth-order valence-electron chi connectivity index (χ4n) is 4.04. The van der Waals surface area contributed by atoms with Crippen molar-refractivity contribution in [3.05, 3.63) is 41.3 Å². The van der Waals surface area contributed by atoms with Crippen LogP contribution >= 0.6 is 0 Å². The molecule has 32 heavy (non-hydrogen) atoms. The molecular weight excluding hydrogens is 423 g/mol. The predicted molar refractivity (Wildman–Crippen MR) is 112 cm³/mol. The molecule has 0 saturated carbocycles. The summed E-state index contributed by atoms with van der Waals surface area (Å²) in [6.45, 7) is 6.19. The fraction of sp³-hybridized carbons (Fsp3) is 0.524. The third kappa shape index (κ3) is 4.56. The van der Waals surface area contributed by atoms with Gasteiger partial charge in [-0.25, -0.2) is 0 Å². The maximum Gasteiger partial charge on any atom is 0.417 e. The van der Waals surface area contributed by atoms with Gasteiger partial charge in [-0.3, -0.25) is 13.9 Å². The van der Waals surface area contributed by atoms with Crippen LogP contribution in [0.3, 0.4) is 0 Å². The Morgan fingerprint density at radius 2 is 2.06 bits per heavy atom. The third-order valence-corrected chi connectivity index (χ3v) is 5.74. The smallest absolute Gasteiger partial charge is 0.352 e. The van der Waals surface area contributed by atoms with Crippen LogP contribution in [0.1, 0.15) is 43.0 Å². The summed E-state index contributed by atoms with van der Waals surface area (Å²) >= 11 is 0. The predicted octanol–water partition coefficient (Wildman–Crippen LogP) is 3.20. The summed E-state index contributed by atoms with van der Waals surface area (Å²) < 4.78 is 42.6. The van der Waals surface area contributed by atoms with Crippen LogP contribution < -0.4 is 10.2 Å². The van der Waals surface area contributed by atoms with E-state index in [9.17, 15) is 18.0 Å². The first-order valence-electron chi connectivity index (χ1n) is 10.7. The number of anilines is 1. The van der Waals surface area contributed by atoms with Gasteiger partial charge in [-0.2, -0.15) is 18.3 Å². The van der Waals surface area contributed by atoms with Gasteiger partial charge in [0.2, 0.25) is 11.9 Å². The van der Waals surface area contributed by atoms with Crippen molar-refractivity contribution in [1.82, 2.24) is 29.7 Å². The normalized spacial score (nSPS) is 17.2. The Labute approximate surface area is 183 Å². The number of hydrogen-bond donors (Lipinski definition) is 1. The number of rotatable bonds is 6. The van der Waals surface area contributed by atoms with E-state index in [-0.39, 0.29) is 11.8 Å². The van der Waals surface area contributed by atoms with Gasteiger partial charge in [0.25, 0.3) is 0 Å². The zero-order valence-corrected chi connectivity index (χ0v) is 18.1. The summed E-state index contributed by atoms with van der Waals surface area (Å²) in [6, 6.07) is 2.29. The van der Waals surface area contributed by atoms with E-state index in [2.05, 4.69) is 27.5 Å². The average Bonchev–Trinajstić information content (AvgIpc) is 3.34. The molecule has 0 bridgehead atoms. The lowest BCUT2D eigenvalue weighted by atomic mass is 9.97. The van der Waals surface area contributed by atoms with Gasteiger partial charge in [-0.05, 0) is 38.3 Å². The van der Waals surface area contributed by atoms with Crippen molar-refractivity contribution in [2.75, 3.05) is 18.0 Å². The SMILES string of the molecule is CCCn1cc(CNC(=O)[C@H]2CCCN(c3nnc4ccc(C(F)(F)F)cn34)C2)c(C)n1. The van der Waals surface area contributed by atoms with Crippen molar-refractivity contribution >= 4 is 17.5 Å². The Bertz CT molecular complexity index is 1100. The summed E-state index contributed by atoms with van der Waals surface area (Å²) in [5, 5.41) is 15.5. The van der Waals surface area contributed by atoms with Gasteiger partial charge in [0.1, 0.15) is 0 Å². The molecule has 1 N–H and O–H groups in total. The molecule has 11 heteroatoms. The van der Waals surface area contributed by atoms with Crippen molar-refractivity contribution in [2.45, 2.75) is 52.4 Å². The molecule has 3 aromatic heterocycles. The second-order valence-corrected chi connectivity index (χ2v) is 8.15. The van der Waals surface area contributed by atoms with Gasteiger partial charge >= 0.3 is 6.18 Å². The Balaban J connectivity index is 1.45. The molecule has 4 heterocycles. The number of aromatic nitrogens is 5. The molecule has 3 aromatic rings. The second kappa shape index (κ2) is 8.79. The van der Waals surface area contributed by atoms with E-state index in [4.69, 9.17) is 0 Å². The Morgan fingerprint density at radius 1 is 1.25 bits per heavy atom. The zero-order chi connectivity index (χ0) is 22.9. The molecule has 172 valence electrons. The van der Waals surface area contributed by atoms with Crippen LogP contribution in [-0.2, 0) is 24.1 Å². The number of amides is 1. The van der Waals surface area contributed by atoms with Crippen LogP contribution in [0, 0.1) is 12.8 Å². The van der Waals surface area contributed by atoms with E-state index in [1.54, 1.807) is 0 Å². The first-order valence-corrected chi connectivity index (χ1v) is 10.7. The van der Waals surface area contributed by atoms with Gasteiger partial charge in [0, 0.05) is 44.1 Å². The van der Waals surface area contributed by atoms with E-state index < -0.39 is 11.7 Å². The minimum absolute atomic E-state index is 0.0813. The molecule has 0 aliphatic carbocycles. The molecule has 1 aliphatic heterocycles. The molecule has 1 saturated heterocycles. The van der Waals surface area contributed by atoms with Crippen LogP contribution in [0.2, 0.25) is 0 Å². The van der Waals surface area contributed by atoms with Gasteiger partial charge in [-0.15, -0.1) is 10.2 Å². The number of carbonyl (C=O) groups is 1. The first kappa shape index (κ1) is 22.1. The van der Waals surface area contributed by atoms with E-state index in [1.165, 1.54) is 10.5 Å². The zero-order valence-electron chi connectivity index (χ0n) is 18.1. The highest BCUT2D eigenvalue weighted by molar-refractivity contribution is 5.79. The highest BCUT2D eigenvalue weighted by Gasteiger charge is 2.32. The molecule has 1 atom stereocenters. The number of hydrogen-bond acceptors (Lipinski definition) is 5. The molecule has 4 rings (SSSR count). The number of carbonyl (C=O) groups excluding carboxylic acids is 1. The molecule has 0 radical (unpaired) electrons. The minimum Gasteiger partial charge on any atom is -0.352 e. The highest BCUT2D eigenvalue weighted by atomic mass is 19.4. The maximum atomic E-state index is 13.1. The highest BCUT2D eigenvalue weighted by Crippen LogP contribution is 2.30. The van der Waals surface area contributed by atoms with Gasteiger partial charge in [-0.1, -0.05) is 6.92 Å². The largest absolute Gasteiger partial charge is 0.417 e. The number of fused-ring (bicyclic) bond motifs is 1. The molecular formula is C21H26F3N7O. The van der Waals surface area contributed by atoms with E-state index >= 15 is 0 Å². The third-order valence-electron chi connectivity index (χ3n) is 5.74. The molecule has 1 fully saturated rings. The molecule has 8 nitrogen and oxygen atoms in total. The Morgan fingerprint density at radius 3 is 2.81 bits per heavy atom. The lowest BCUT2D eigenvalue weighted by molar-refractivity contribution is -0.137. The quantitative estimate of drug-likeness (QED) is 0.625. The number of aryl methyl sites for hydroxylation is 2. The van der Waals surface area contributed by atoms with Crippen LogP contribution in [0.15, 0.2) is 24.5 Å². The lowest BCUT2D eigenvalue weighted by Gasteiger charge is -2.32. The van der Waals surface area contributed by atoms with Crippen LogP contribution in [0.25, 0.3) is 5.65 Å². The summed E-state index contributed by atoms with van der Waals surface area (Å²) in [6.07, 6.45) is 0.925. The van der Waals surface area contributed by atoms with Crippen LogP contribution in [0.5, 0.6) is 0 Å². The standard InChI is InChI=1S/C21H26F3N7O/c1-3-8-30-12-16(14(2)28-30)10-25-19(32)15-5-4-9-29(11-15)20-27-26-18-7-6-17(13-31(18)20)21(22,23)24/h6-7,12-13,15H,3-5,8-11H2,1-2H3,(H,25,32)/t15-/m0/s1. The van der Waals surface area contributed by atoms with Gasteiger partial charge < -0.3 is 10.2 Å². The topological polar surface area (TPSA) is 80.4 Å². The van der Waals surface area contributed by atoms with E-state index in [1.807, 2.05) is 22.7 Å². The average molecular weight is 449 g/mol. The first-order chi connectivity index (χ1) is 15.3. The molecule has 0 spiro atoms. The Kier molecular flexibility index (Phi) is 6.07. The maximum absolute atomic E-state index is 13.1. The van der Waals surface area contributed by atoms with Crippen molar-refractivity contribution in [3.8, 4) is 0 Å². The lowest BCUT2D eigenvalue weighted by Crippen LogP contribution is -2.43. The number of nitrogens with one attached hydrogen (secondary N) is 1. The van der Waals surface area contributed by atoms with Crippen LogP contribution in [0.4, 0.5) is 19.1 Å². The summed E-state index contributed by atoms with van der Waals surface area (Å²) in [7, 11) is 0. The number of halogens is 3. The number of pyridine rings is 1. The van der Waals surface area contributed by atoms with Gasteiger partial charge in [0.15, 0.2) is 5.65 Å². The summed E-state index contributed by atoms with van der Waals surface area (Å²) in [4.78, 5) is 14.7. The van der Waals surface area contributed by atoms with E-state index in [0.717, 1.165) is 42.9 Å². The molecule has 1 amide bonds. The second-order valence-electron chi connectivity index (χ2n) is 8.15. The number of piperidine rings is 1. The van der Waals surface area contributed by atoms with Crippen molar-refractivity contribution in [1.29, 1.82) is 0 Å². The summed E-state index contributed by atoms with van der Waals surface area (Å²) in [5.41, 5.74) is 1.43. The van der Waals surface area contributed by atoms with Crippen molar-refractivity contribution in [3.63, 3.8) is 0 Å². The monoisotopic (exact) mass is 449 g/mol. The number of nitrogens with zero attached hydrogens (tertiary/aromatic N) is 6. The summed E-state index contributed by atoms with van der Waals surface area (Å²) in [5.74, 6) is -0.0460. The van der Waals surface area contributed by atoms with E-state index in [0.29, 0.717) is 37.7 Å². The fourth-order valence-corrected chi connectivity index (χ4v) is 4.04. The molecule has 1 aliphatic rings. The minimum atomic E-state index is -4.46. The van der Waals surface area contributed by atoms with Crippen LogP contribution in [-0.4, -0.2) is 43.4 Å². The van der Waals surface area contributed by atoms with Crippen molar-refractivity contribution in [2.24, 2.45) is 5.92 Å². The van der Waals surface area contributed by atoms with Gasteiger partial charge in [0.05, 0.1) is 17.2 Å². The Hall–Kier alpha value is -3.11. The number of alkyl halides is 3. The molecule has 0 unspecified atom stereocenters. The molecule has 0 aromatic carbocycles. The van der Waals surface area contributed by atoms with Crippen molar-refractivity contribution < 1.29 is 18.0 Å².